The molecule has 0 radical (unpaired) electrons. The predicted molar refractivity (Wildman–Crippen MR) is 38.2 cm³/mol. The molecule has 1 saturated heterocycles. The highest BCUT2D eigenvalue weighted by Gasteiger charge is 2.67. The number of aliphatic hydroxyl groups excluding tert-OH is 3. The molecule has 2 rings (SSSR count). The lowest BCUT2D eigenvalue weighted by molar-refractivity contribution is -0.141. The van der Waals surface area contributed by atoms with Crippen molar-refractivity contribution in [2.24, 2.45) is 0 Å². The molecule has 2 atom stereocenters. The van der Waals surface area contributed by atoms with Crippen molar-refractivity contribution in [3.8, 4) is 0 Å². The number of hydrogen-bond acceptors (Lipinski definition) is 5. The minimum absolute atomic E-state index is 0.651. The highest BCUT2D eigenvalue weighted by molar-refractivity contribution is 5.86. The van der Waals surface area contributed by atoms with Gasteiger partial charge in [-0.3, -0.25) is 0 Å². The number of carboxylic acid groups (broad SMARTS) is 1. The number of aliphatic hydroxyl groups is 3. The Labute approximate surface area is 72.0 Å². The number of carbonyl (C=O) groups is 1. The highest BCUT2D eigenvalue weighted by Crippen LogP contribution is 2.47. The summed E-state index contributed by atoms with van der Waals surface area (Å²) < 4.78 is 4.68. The first-order valence-electron chi connectivity index (χ1n) is 3.44. The molecule has 1 heterocycles. The van der Waals surface area contributed by atoms with Crippen molar-refractivity contribution in [1.82, 2.24) is 0 Å². The zero-order chi connectivity index (χ0) is 9.80. The van der Waals surface area contributed by atoms with E-state index in [1.165, 1.54) is 0 Å². The van der Waals surface area contributed by atoms with Crippen molar-refractivity contribution in [2.45, 2.75) is 11.7 Å². The van der Waals surface area contributed by atoms with Gasteiger partial charge in [0.05, 0.1) is 0 Å². The Kier molecular flexibility index (Phi) is 1.20. The Balaban J connectivity index is 2.45. The Hall–Kier alpha value is -1.69. The first-order valence-corrected chi connectivity index (χ1v) is 3.44. The quantitative estimate of drug-likeness (QED) is 0.428. The van der Waals surface area contributed by atoms with E-state index in [9.17, 15) is 4.79 Å². The molecule has 0 spiro atoms. The van der Waals surface area contributed by atoms with Crippen LogP contribution in [0, 0.1) is 0 Å². The Bertz CT molecular complexity index is 354. The maximum atomic E-state index is 10.6. The molecule has 2 aliphatic rings. The molecule has 6 heteroatoms. The van der Waals surface area contributed by atoms with E-state index in [4.69, 9.17) is 20.4 Å². The summed E-state index contributed by atoms with van der Waals surface area (Å²) >= 11 is 0. The Morgan fingerprint density at radius 1 is 1.46 bits per heavy atom. The van der Waals surface area contributed by atoms with Gasteiger partial charge in [-0.2, -0.15) is 0 Å². The third kappa shape index (κ3) is 0.775. The molecule has 0 saturated carbocycles. The van der Waals surface area contributed by atoms with E-state index in [-0.39, 0.29) is 0 Å². The van der Waals surface area contributed by atoms with E-state index in [1.807, 2.05) is 0 Å². The molecular weight excluding hydrogens is 180 g/mol. The third-order valence-corrected chi connectivity index (χ3v) is 2.06. The summed E-state index contributed by atoms with van der Waals surface area (Å²) in [6.45, 7) is 0. The minimum atomic E-state index is -1.69. The normalized spacial score (nSPS) is 36.6. The van der Waals surface area contributed by atoms with Gasteiger partial charge in [-0.05, 0) is 0 Å². The second-order valence-corrected chi connectivity index (χ2v) is 2.86. The van der Waals surface area contributed by atoms with Crippen LogP contribution in [0.5, 0.6) is 0 Å². The molecule has 13 heavy (non-hydrogen) atoms. The number of hydrogen-bond donors (Lipinski definition) is 4. The predicted octanol–water partition coefficient (Wildman–Crippen LogP) is -0.00830. The SMILES string of the molecule is O=C(O)C12C=C(O)C(O)=C(O)C1O2. The van der Waals surface area contributed by atoms with Crippen LogP contribution in [0.25, 0.3) is 0 Å². The molecule has 0 aromatic carbocycles. The first-order chi connectivity index (χ1) is 5.99. The van der Waals surface area contributed by atoms with Gasteiger partial charge in [-0.15, -0.1) is 0 Å². The van der Waals surface area contributed by atoms with Crippen molar-refractivity contribution < 1.29 is 30.0 Å². The van der Waals surface area contributed by atoms with Crippen LogP contribution in [0.2, 0.25) is 0 Å². The molecule has 0 aromatic rings. The fraction of sp³-hybridized carbons (Fsp3) is 0.286. The van der Waals surface area contributed by atoms with E-state index < -0.39 is 35.0 Å². The molecule has 0 amide bonds. The van der Waals surface area contributed by atoms with Gasteiger partial charge in [0.2, 0.25) is 5.60 Å². The van der Waals surface area contributed by atoms with E-state index in [1.54, 1.807) is 0 Å². The molecule has 1 aliphatic carbocycles. The van der Waals surface area contributed by atoms with Crippen molar-refractivity contribution >= 4 is 5.97 Å². The number of fused-ring (bicyclic) bond motifs is 1. The van der Waals surface area contributed by atoms with Crippen molar-refractivity contribution in [3.63, 3.8) is 0 Å². The van der Waals surface area contributed by atoms with Crippen LogP contribution in [0.1, 0.15) is 0 Å². The summed E-state index contributed by atoms with van der Waals surface area (Å²) in [5.74, 6) is -3.39. The average Bonchev–Trinajstić information content (AvgIpc) is 2.76. The molecule has 6 nitrogen and oxygen atoms in total. The maximum absolute atomic E-state index is 10.6. The third-order valence-electron chi connectivity index (χ3n) is 2.06. The molecule has 4 N–H and O–H groups in total. The molecule has 1 aliphatic heterocycles. The lowest BCUT2D eigenvalue weighted by Crippen LogP contribution is -2.29. The zero-order valence-corrected chi connectivity index (χ0v) is 6.26. The fourth-order valence-corrected chi connectivity index (χ4v) is 1.28. The number of epoxide rings is 1. The van der Waals surface area contributed by atoms with Gasteiger partial charge in [0.15, 0.2) is 23.4 Å². The average molecular weight is 186 g/mol. The van der Waals surface area contributed by atoms with Crippen molar-refractivity contribution in [1.29, 1.82) is 0 Å². The summed E-state index contributed by atoms with van der Waals surface area (Å²) in [4.78, 5) is 10.6. The summed E-state index contributed by atoms with van der Waals surface area (Å²) in [5, 5.41) is 35.8. The van der Waals surface area contributed by atoms with Gasteiger partial charge in [0.25, 0.3) is 0 Å². The molecular formula is C7H6O6. The molecule has 0 bridgehead atoms. The second-order valence-electron chi connectivity index (χ2n) is 2.86. The fourth-order valence-electron chi connectivity index (χ4n) is 1.28. The van der Waals surface area contributed by atoms with E-state index in [0.717, 1.165) is 6.08 Å². The standard InChI is InChI=1S/C7H6O6/c8-2-1-7(6(11)12)5(13-7)4(10)3(2)9/h1,5,8-10H,(H,11,12). The summed E-state index contributed by atoms with van der Waals surface area (Å²) in [5.41, 5.74) is -1.69. The Morgan fingerprint density at radius 3 is 2.62 bits per heavy atom. The highest BCUT2D eigenvalue weighted by atomic mass is 16.6. The lowest BCUT2D eigenvalue weighted by atomic mass is 9.97. The van der Waals surface area contributed by atoms with Gasteiger partial charge in [-0.1, -0.05) is 0 Å². The van der Waals surface area contributed by atoms with Crippen LogP contribution < -0.4 is 0 Å². The van der Waals surface area contributed by atoms with Crippen LogP contribution in [-0.4, -0.2) is 38.1 Å². The summed E-state index contributed by atoms with van der Waals surface area (Å²) in [6.07, 6.45) is -0.226. The van der Waals surface area contributed by atoms with Gasteiger partial charge in [0.1, 0.15) is 0 Å². The summed E-state index contributed by atoms with van der Waals surface area (Å²) in [7, 11) is 0. The maximum Gasteiger partial charge on any atom is 0.343 e. The van der Waals surface area contributed by atoms with Gasteiger partial charge >= 0.3 is 5.97 Å². The minimum Gasteiger partial charge on any atom is -0.506 e. The topological polar surface area (TPSA) is 111 Å². The van der Waals surface area contributed by atoms with Gasteiger partial charge in [0, 0.05) is 6.08 Å². The number of aliphatic carboxylic acids is 1. The molecule has 0 aromatic heterocycles. The number of ether oxygens (including phenoxy) is 1. The van der Waals surface area contributed by atoms with Crippen LogP contribution in [-0.2, 0) is 9.53 Å². The van der Waals surface area contributed by atoms with Crippen LogP contribution >= 0.6 is 0 Å². The van der Waals surface area contributed by atoms with Crippen LogP contribution in [0.4, 0.5) is 0 Å². The second kappa shape index (κ2) is 1.97. The first kappa shape index (κ1) is 7.93. The number of rotatable bonds is 1. The van der Waals surface area contributed by atoms with Crippen LogP contribution in [0.15, 0.2) is 23.4 Å². The molecule has 1 fully saturated rings. The number of carboxylic acids is 1. The summed E-state index contributed by atoms with van der Waals surface area (Å²) in [6, 6.07) is 0. The van der Waals surface area contributed by atoms with Crippen molar-refractivity contribution in [2.75, 3.05) is 0 Å². The smallest absolute Gasteiger partial charge is 0.343 e. The van der Waals surface area contributed by atoms with Gasteiger partial charge < -0.3 is 25.2 Å². The monoisotopic (exact) mass is 186 g/mol. The van der Waals surface area contributed by atoms with E-state index >= 15 is 0 Å². The Morgan fingerprint density at radius 2 is 2.08 bits per heavy atom. The van der Waals surface area contributed by atoms with E-state index in [2.05, 4.69) is 4.74 Å². The zero-order valence-electron chi connectivity index (χ0n) is 6.26. The van der Waals surface area contributed by atoms with Crippen LogP contribution in [0.3, 0.4) is 0 Å². The molecule has 70 valence electrons. The largest absolute Gasteiger partial charge is 0.506 e. The molecule has 2 unspecified atom stereocenters. The van der Waals surface area contributed by atoms with Gasteiger partial charge in [-0.25, -0.2) is 4.79 Å². The van der Waals surface area contributed by atoms with E-state index in [0.29, 0.717) is 0 Å². The van der Waals surface area contributed by atoms with Crippen molar-refractivity contribution in [3.05, 3.63) is 23.4 Å². The lowest BCUT2D eigenvalue weighted by Gasteiger charge is -2.09.